The second kappa shape index (κ2) is 11.4. The lowest BCUT2D eigenvalue weighted by Crippen LogP contribution is -2.74. The number of carbonyl (C=O) groups is 2. The molecule has 0 aromatic heterocycles. The third-order valence-corrected chi connectivity index (χ3v) is 13.6. The van der Waals surface area contributed by atoms with Crippen molar-refractivity contribution in [1.82, 2.24) is 20.4 Å². The monoisotopic (exact) mass is 606 g/mol. The number of nitrogens with zero attached hydrogens (tertiary/aromatic N) is 2. The van der Waals surface area contributed by atoms with Gasteiger partial charge in [-0.2, -0.15) is 0 Å². The molecule has 2 N–H and O–H groups in total. The molecule has 11 atom stereocenters. The van der Waals surface area contributed by atoms with Crippen molar-refractivity contribution in [3.05, 3.63) is 11.8 Å². The molecule has 11 heteroatoms. The van der Waals surface area contributed by atoms with Crippen molar-refractivity contribution in [3.8, 4) is 0 Å². The summed E-state index contributed by atoms with van der Waals surface area (Å²) in [5, 5.41) is 6.37. The van der Waals surface area contributed by atoms with Crippen molar-refractivity contribution in [2.45, 2.75) is 119 Å². The standard InChI is InChI=1S/C31H47FN4O5S/c1-35-11-4-7-21(35)8-10-33-31(38)23-16-36-25-13-18-5-2-3-6-19(18)14-26(25)41-30-27(34-20-9-12-42(39,40)17-20)24(32)15-22(28(30)36)29(23)37/h16,18-22,24-28,30,34H,2-15,17H2,1H3,(H,33,38). The van der Waals surface area contributed by atoms with E-state index in [0.717, 1.165) is 32.2 Å². The van der Waals surface area contributed by atoms with Crippen LogP contribution in [0.5, 0.6) is 0 Å². The molecule has 42 heavy (non-hydrogen) atoms. The molecule has 1 amide bonds. The number of nitrogens with one attached hydrogen (secondary N) is 2. The number of ether oxygens (including phenoxy) is 1. The zero-order chi connectivity index (χ0) is 29.2. The lowest BCUT2D eigenvalue weighted by molar-refractivity contribution is -0.209. The quantitative estimate of drug-likeness (QED) is 0.442. The second-order valence-corrected chi connectivity index (χ2v) is 16.5. The molecule has 6 fully saturated rings. The average molecular weight is 607 g/mol. The molecule has 0 aromatic carbocycles. The maximum absolute atomic E-state index is 16.1. The molecule has 3 saturated carbocycles. The predicted octanol–water partition coefficient (Wildman–Crippen LogP) is 1.96. The first-order chi connectivity index (χ1) is 20.2. The van der Waals surface area contributed by atoms with E-state index in [0.29, 0.717) is 30.8 Å². The van der Waals surface area contributed by atoms with E-state index in [2.05, 4.69) is 27.5 Å². The highest BCUT2D eigenvalue weighted by molar-refractivity contribution is 7.91. The maximum Gasteiger partial charge on any atom is 0.256 e. The highest BCUT2D eigenvalue weighted by Gasteiger charge is 2.60. The van der Waals surface area contributed by atoms with Crippen molar-refractivity contribution in [3.63, 3.8) is 0 Å². The summed E-state index contributed by atoms with van der Waals surface area (Å²) >= 11 is 0. The SMILES string of the molecule is CN1CCCC1CCNC(=O)C1=CN2C3CC4CCCCC4CC3OC3C(NC4CCS(=O)(=O)C4)C(F)CC(C1=O)C32. The zero-order valence-corrected chi connectivity index (χ0v) is 25.6. The Morgan fingerprint density at radius 1 is 1.10 bits per heavy atom. The number of morpholine rings is 1. The summed E-state index contributed by atoms with van der Waals surface area (Å²) in [7, 11) is -1.01. The minimum Gasteiger partial charge on any atom is -0.369 e. The number of hydrogen-bond donors (Lipinski definition) is 2. The minimum absolute atomic E-state index is 0.0103. The van der Waals surface area contributed by atoms with Gasteiger partial charge in [0.15, 0.2) is 15.6 Å². The fourth-order valence-electron chi connectivity index (χ4n) is 9.64. The first-order valence-electron chi connectivity index (χ1n) is 16.5. The lowest BCUT2D eigenvalue weighted by atomic mass is 9.65. The first-order valence-corrected chi connectivity index (χ1v) is 18.3. The van der Waals surface area contributed by atoms with Crippen molar-refractivity contribution >= 4 is 21.5 Å². The van der Waals surface area contributed by atoms with Crippen LogP contribution in [-0.2, 0) is 24.2 Å². The lowest BCUT2D eigenvalue weighted by Gasteiger charge is -2.61. The van der Waals surface area contributed by atoms with E-state index in [9.17, 15) is 18.0 Å². The molecule has 4 heterocycles. The molecule has 0 bridgehead atoms. The molecular formula is C31H47FN4O5S. The molecule has 3 aliphatic carbocycles. The van der Waals surface area contributed by atoms with E-state index >= 15 is 4.39 Å². The Hall–Kier alpha value is -1.56. The Morgan fingerprint density at radius 2 is 1.88 bits per heavy atom. The molecule has 234 valence electrons. The van der Waals surface area contributed by atoms with Gasteiger partial charge in [0.05, 0.1) is 47.4 Å². The fourth-order valence-corrected chi connectivity index (χ4v) is 11.3. The number of Topliss-reactive ketones (excluding diaryl/α,β-unsaturated/α-hetero) is 1. The third kappa shape index (κ3) is 5.34. The van der Waals surface area contributed by atoms with Crippen molar-refractivity contribution < 1.29 is 27.1 Å². The number of sulfone groups is 1. The molecule has 0 aromatic rings. The number of carbonyl (C=O) groups excluding carboxylic acids is 2. The molecule has 7 aliphatic rings. The Morgan fingerprint density at radius 3 is 2.60 bits per heavy atom. The van der Waals surface area contributed by atoms with Gasteiger partial charge in [-0.3, -0.25) is 9.59 Å². The van der Waals surface area contributed by atoms with Gasteiger partial charge in [0.2, 0.25) is 0 Å². The molecule has 3 saturated heterocycles. The summed E-state index contributed by atoms with van der Waals surface area (Å²) in [6.45, 7) is 1.58. The smallest absolute Gasteiger partial charge is 0.256 e. The van der Waals surface area contributed by atoms with Crippen molar-refractivity contribution in [2.24, 2.45) is 17.8 Å². The van der Waals surface area contributed by atoms with E-state index in [1.807, 2.05) is 0 Å². The number of fused-ring (bicyclic) bond motifs is 3. The molecule has 0 spiro atoms. The second-order valence-electron chi connectivity index (χ2n) is 14.3. The van der Waals surface area contributed by atoms with E-state index in [1.165, 1.54) is 32.1 Å². The van der Waals surface area contributed by atoms with Crippen molar-refractivity contribution in [2.75, 3.05) is 31.6 Å². The third-order valence-electron chi connectivity index (χ3n) is 11.8. The summed E-state index contributed by atoms with van der Waals surface area (Å²) in [5.41, 5.74) is 0.154. The number of amides is 1. The normalized spacial score (nSPS) is 44.6. The molecular weight excluding hydrogens is 559 g/mol. The molecule has 0 radical (unpaired) electrons. The van der Waals surface area contributed by atoms with E-state index < -0.39 is 34.1 Å². The molecule has 4 aliphatic heterocycles. The average Bonchev–Trinajstić information content (AvgIpc) is 3.53. The van der Waals surface area contributed by atoms with Crippen LogP contribution in [0.1, 0.15) is 70.6 Å². The maximum atomic E-state index is 16.1. The largest absolute Gasteiger partial charge is 0.369 e. The van der Waals surface area contributed by atoms with Gasteiger partial charge in [0.1, 0.15) is 6.17 Å². The van der Waals surface area contributed by atoms with Crippen LogP contribution >= 0.6 is 0 Å². The van der Waals surface area contributed by atoms with Crippen LogP contribution in [0.15, 0.2) is 11.8 Å². The number of likely N-dealkylation sites (tertiary alicyclic amines) is 1. The summed E-state index contributed by atoms with van der Waals surface area (Å²) in [4.78, 5) is 31.9. The highest BCUT2D eigenvalue weighted by Crippen LogP contribution is 2.50. The number of alkyl halides is 1. The van der Waals surface area contributed by atoms with Crippen LogP contribution in [0.3, 0.4) is 0 Å². The number of hydrogen-bond acceptors (Lipinski definition) is 8. The van der Waals surface area contributed by atoms with Gasteiger partial charge in [-0.05, 0) is 70.4 Å². The minimum atomic E-state index is -3.13. The summed E-state index contributed by atoms with van der Waals surface area (Å²) in [6.07, 6.45) is 10.1. The van der Waals surface area contributed by atoms with Crippen LogP contribution < -0.4 is 10.6 Å². The van der Waals surface area contributed by atoms with Crippen LogP contribution in [0.4, 0.5) is 4.39 Å². The zero-order valence-electron chi connectivity index (χ0n) is 24.8. The summed E-state index contributed by atoms with van der Waals surface area (Å²) < 4.78 is 47.2. The van der Waals surface area contributed by atoms with Crippen LogP contribution in [0, 0.1) is 17.8 Å². The van der Waals surface area contributed by atoms with Crippen LogP contribution in [0.2, 0.25) is 0 Å². The molecule has 11 unspecified atom stereocenters. The van der Waals surface area contributed by atoms with Crippen molar-refractivity contribution in [1.29, 1.82) is 0 Å². The Kier molecular flexibility index (Phi) is 7.93. The Bertz CT molecular complexity index is 1210. The van der Waals surface area contributed by atoms with Gasteiger partial charge >= 0.3 is 0 Å². The van der Waals surface area contributed by atoms with Gasteiger partial charge < -0.3 is 25.2 Å². The van der Waals surface area contributed by atoms with Crippen LogP contribution in [0.25, 0.3) is 0 Å². The number of halogens is 1. The number of ketones is 1. The topological polar surface area (TPSA) is 108 Å². The first kappa shape index (κ1) is 29.2. The van der Waals surface area contributed by atoms with Crippen LogP contribution in [-0.4, -0.2) is 110 Å². The van der Waals surface area contributed by atoms with E-state index in [4.69, 9.17) is 4.74 Å². The highest BCUT2D eigenvalue weighted by atomic mass is 32.2. The number of rotatable bonds is 6. The fraction of sp³-hybridized carbons (Fsp3) is 0.871. The molecule has 7 rings (SSSR count). The van der Waals surface area contributed by atoms with Gasteiger partial charge in [0, 0.05) is 30.7 Å². The summed E-state index contributed by atoms with van der Waals surface area (Å²) in [6, 6.07) is -0.849. The Labute approximate surface area is 249 Å². The van der Waals surface area contributed by atoms with Gasteiger partial charge in [0.25, 0.3) is 5.91 Å². The van der Waals surface area contributed by atoms with Gasteiger partial charge in [-0.25, -0.2) is 12.8 Å². The summed E-state index contributed by atoms with van der Waals surface area (Å²) in [5.74, 6) is 0.0355. The van der Waals surface area contributed by atoms with E-state index in [-0.39, 0.29) is 59.4 Å². The van der Waals surface area contributed by atoms with Gasteiger partial charge in [-0.1, -0.05) is 25.7 Å². The predicted molar refractivity (Wildman–Crippen MR) is 156 cm³/mol. The Balaban J connectivity index is 1.15. The molecule has 9 nitrogen and oxygen atoms in total. The van der Waals surface area contributed by atoms with E-state index in [1.54, 1.807) is 6.20 Å². The van der Waals surface area contributed by atoms with Gasteiger partial charge in [-0.15, -0.1) is 0 Å².